The third-order valence-corrected chi connectivity index (χ3v) is 4.20. The summed E-state index contributed by atoms with van der Waals surface area (Å²) in [6.45, 7) is 0. The summed E-state index contributed by atoms with van der Waals surface area (Å²) in [6, 6.07) is 6.25. The fraction of sp³-hybridized carbons (Fsp3) is 0.545. The van der Waals surface area contributed by atoms with Crippen LogP contribution in [-0.2, 0) is 0 Å². The lowest BCUT2D eigenvalue weighted by atomic mass is 10.0. The molecule has 70 valence electrons. The fourth-order valence-electron chi connectivity index (χ4n) is 1.90. The van der Waals surface area contributed by atoms with Crippen LogP contribution in [0.2, 0.25) is 0 Å². The second-order valence-electron chi connectivity index (χ2n) is 3.69. The Labute approximate surface area is 81.7 Å². The average molecular weight is 193 g/mol. The summed E-state index contributed by atoms with van der Waals surface area (Å²) in [4.78, 5) is 4.39. The van der Waals surface area contributed by atoms with E-state index in [1.54, 1.807) is 0 Å². The van der Waals surface area contributed by atoms with Crippen molar-refractivity contribution in [2.24, 2.45) is 0 Å². The lowest BCUT2D eigenvalue weighted by Gasteiger charge is -2.20. The van der Waals surface area contributed by atoms with Gasteiger partial charge in [0.2, 0.25) is 0 Å². The van der Waals surface area contributed by atoms with Crippen LogP contribution in [0.1, 0.15) is 32.1 Å². The normalized spacial score (nSPS) is 19.7. The summed E-state index contributed by atoms with van der Waals surface area (Å²) < 4.78 is 0. The monoisotopic (exact) mass is 193 g/mol. The number of rotatable bonds is 2. The molecule has 0 bridgehead atoms. The van der Waals surface area contributed by atoms with E-state index in [1.807, 2.05) is 12.3 Å². The van der Waals surface area contributed by atoms with Crippen LogP contribution in [0.5, 0.6) is 0 Å². The maximum absolute atomic E-state index is 4.39. The maximum atomic E-state index is 4.39. The van der Waals surface area contributed by atoms with Crippen molar-refractivity contribution in [2.45, 2.75) is 37.8 Å². The van der Waals surface area contributed by atoms with Crippen molar-refractivity contribution in [1.82, 2.24) is 4.98 Å². The van der Waals surface area contributed by atoms with Gasteiger partial charge in [0, 0.05) is 6.20 Å². The fourth-order valence-corrected chi connectivity index (χ4v) is 3.36. The summed E-state index contributed by atoms with van der Waals surface area (Å²) in [7, 11) is 0.943. The highest BCUT2D eigenvalue weighted by atomic mass is 31.1. The number of hydrogen-bond donors (Lipinski definition) is 0. The minimum absolute atomic E-state index is 0.934. The number of hydrogen-bond acceptors (Lipinski definition) is 1. The highest BCUT2D eigenvalue weighted by Crippen LogP contribution is 2.31. The molecule has 1 aromatic heterocycles. The standard InChI is InChI=1S/C11H16NP/c1-2-6-10(7-3-1)13-11-8-4-5-9-12-11/h4-5,8-10,13H,1-3,6-7H2. The van der Waals surface area contributed by atoms with Gasteiger partial charge < -0.3 is 0 Å². The van der Waals surface area contributed by atoms with Crippen LogP contribution in [-0.4, -0.2) is 10.6 Å². The Morgan fingerprint density at radius 3 is 2.69 bits per heavy atom. The molecule has 1 aromatic rings. The second kappa shape index (κ2) is 4.72. The van der Waals surface area contributed by atoms with E-state index in [4.69, 9.17) is 0 Å². The van der Waals surface area contributed by atoms with Gasteiger partial charge in [-0.3, -0.25) is 4.98 Å². The first kappa shape index (κ1) is 9.15. The first-order chi connectivity index (χ1) is 6.45. The molecule has 1 unspecified atom stereocenters. The molecule has 0 amide bonds. The van der Waals surface area contributed by atoms with Gasteiger partial charge in [0.05, 0.1) is 5.44 Å². The van der Waals surface area contributed by atoms with Crippen molar-refractivity contribution in [3.63, 3.8) is 0 Å². The van der Waals surface area contributed by atoms with E-state index < -0.39 is 0 Å². The van der Waals surface area contributed by atoms with Crippen molar-refractivity contribution in [1.29, 1.82) is 0 Å². The van der Waals surface area contributed by atoms with Crippen molar-refractivity contribution in [2.75, 3.05) is 0 Å². The van der Waals surface area contributed by atoms with E-state index in [-0.39, 0.29) is 0 Å². The van der Waals surface area contributed by atoms with Gasteiger partial charge in [0.25, 0.3) is 0 Å². The first-order valence-corrected chi connectivity index (χ1v) is 6.20. The van der Waals surface area contributed by atoms with Gasteiger partial charge in [0.1, 0.15) is 0 Å². The predicted octanol–water partition coefficient (Wildman–Crippen LogP) is 2.72. The Kier molecular flexibility index (Phi) is 3.32. The largest absolute Gasteiger partial charge is 0.257 e. The molecule has 0 saturated heterocycles. The molecule has 13 heavy (non-hydrogen) atoms. The molecule has 2 heteroatoms. The van der Waals surface area contributed by atoms with Crippen molar-refractivity contribution < 1.29 is 0 Å². The van der Waals surface area contributed by atoms with Crippen LogP contribution in [0, 0.1) is 0 Å². The van der Waals surface area contributed by atoms with Gasteiger partial charge in [-0.05, 0) is 30.6 Å². The Hall–Kier alpha value is -0.420. The molecule has 2 rings (SSSR count). The Balaban J connectivity index is 1.90. The van der Waals surface area contributed by atoms with Crippen molar-refractivity contribution in [3.05, 3.63) is 24.4 Å². The molecule has 0 N–H and O–H groups in total. The quantitative estimate of drug-likeness (QED) is 0.658. The Bertz CT molecular complexity index is 242. The molecular weight excluding hydrogens is 177 g/mol. The first-order valence-electron chi connectivity index (χ1n) is 5.13. The van der Waals surface area contributed by atoms with Crippen molar-refractivity contribution >= 4 is 14.0 Å². The molecule has 1 fully saturated rings. The Morgan fingerprint density at radius 1 is 1.15 bits per heavy atom. The van der Waals surface area contributed by atoms with E-state index in [0.717, 1.165) is 14.2 Å². The molecule has 1 atom stereocenters. The van der Waals surface area contributed by atoms with Gasteiger partial charge >= 0.3 is 0 Å². The maximum Gasteiger partial charge on any atom is 0.0602 e. The lowest BCUT2D eigenvalue weighted by molar-refractivity contribution is 0.514. The number of aromatic nitrogens is 1. The molecule has 0 aliphatic heterocycles. The van der Waals surface area contributed by atoms with Crippen LogP contribution in [0.15, 0.2) is 24.4 Å². The third-order valence-electron chi connectivity index (χ3n) is 2.62. The van der Waals surface area contributed by atoms with E-state index >= 15 is 0 Å². The zero-order chi connectivity index (χ0) is 8.93. The summed E-state index contributed by atoms with van der Waals surface area (Å²) in [5.41, 5.74) is 2.23. The van der Waals surface area contributed by atoms with Crippen LogP contribution >= 0.6 is 8.58 Å². The zero-order valence-electron chi connectivity index (χ0n) is 7.87. The summed E-state index contributed by atoms with van der Waals surface area (Å²) in [5, 5.41) is 0. The highest BCUT2D eigenvalue weighted by molar-refractivity contribution is 7.47. The molecule has 0 spiro atoms. The predicted molar refractivity (Wildman–Crippen MR) is 59.1 cm³/mol. The molecule has 0 radical (unpaired) electrons. The average Bonchev–Trinajstić information content (AvgIpc) is 2.21. The van der Waals surface area contributed by atoms with E-state index in [1.165, 1.54) is 37.5 Å². The van der Waals surface area contributed by atoms with Crippen molar-refractivity contribution in [3.8, 4) is 0 Å². The molecular formula is C11H16NP. The topological polar surface area (TPSA) is 12.9 Å². The van der Waals surface area contributed by atoms with Gasteiger partial charge in [-0.15, -0.1) is 0 Å². The molecule has 1 nitrogen and oxygen atoms in total. The van der Waals surface area contributed by atoms with Crippen LogP contribution in [0.4, 0.5) is 0 Å². The van der Waals surface area contributed by atoms with Gasteiger partial charge in [0.15, 0.2) is 0 Å². The second-order valence-corrected chi connectivity index (χ2v) is 5.31. The molecule has 1 aliphatic carbocycles. The van der Waals surface area contributed by atoms with Gasteiger partial charge in [-0.2, -0.15) is 0 Å². The smallest absolute Gasteiger partial charge is 0.0602 e. The van der Waals surface area contributed by atoms with Crippen LogP contribution in [0.3, 0.4) is 0 Å². The van der Waals surface area contributed by atoms with Crippen LogP contribution < -0.4 is 5.44 Å². The molecule has 1 heterocycles. The molecule has 1 aliphatic rings. The number of nitrogens with zero attached hydrogens (tertiary/aromatic N) is 1. The minimum atomic E-state index is 0.934. The van der Waals surface area contributed by atoms with Crippen LogP contribution in [0.25, 0.3) is 0 Å². The van der Waals surface area contributed by atoms with Gasteiger partial charge in [-0.1, -0.05) is 33.9 Å². The summed E-state index contributed by atoms with van der Waals surface area (Å²) >= 11 is 0. The SMILES string of the molecule is c1ccc(PC2CCCCC2)nc1. The van der Waals surface area contributed by atoms with E-state index in [2.05, 4.69) is 17.1 Å². The summed E-state index contributed by atoms with van der Waals surface area (Å²) in [6.07, 6.45) is 9.08. The third kappa shape index (κ3) is 2.77. The molecule has 1 saturated carbocycles. The summed E-state index contributed by atoms with van der Waals surface area (Å²) in [5.74, 6) is 0. The van der Waals surface area contributed by atoms with Gasteiger partial charge in [-0.25, -0.2) is 0 Å². The zero-order valence-corrected chi connectivity index (χ0v) is 8.87. The number of pyridine rings is 1. The van der Waals surface area contributed by atoms with E-state index in [0.29, 0.717) is 0 Å². The van der Waals surface area contributed by atoms with E-state index in [9.17, 15) is 0 Å². The lowest BCUT2D eigenvalue weighted by Crippen LogP contribution is -2.12. The molecule has 0 aromatic carbocycles. The highest BCUT2D eigenvalue weighted by Gasteiger charge is 2.13. The Morgan fingerprint density at radius 2 is 2.00 bits per heavy atom. The minimum Gasteiger partial charge on any atom is -0.257 e.